The van der Waals surface area contributed by atoms with E-state index in [9.17, 15) is 18.0 Å². The molecule has 2 N–H and O–H groups in total. The average Bonchev–Trinajstić information content (AvgIpc) is 2.96. The van der Waals surface area contributed by atoms with E-state index >= 15 is 0 Å². The van der Waals surface area contributed by atoms with Crippen LogP contribution >= 0.6 is 0 Å². The van der Waals surface area contributed by atoms with E-state index in [1.807, 2.05) is 6.07 Å². The maximum atomic E-state index is 14.9. The first kappa shape index (κ1) is 27.9. The Bertz CT molecular complexity index is 1880. The van der Waals surface area contributed by atoms with E-state index in [1.54, 1.807) is 37.4 Å². The van der Waals surface area contributed by atoms with Crippen LogP contribution in [0.25, 0.3) is 28.0 Å². The number of fused-ring (bicyclic) bond motifs is 1. The molecule has 5 aromatic rings. The highest BCUT2D eigenvalue weighted by Gasteiger charge is 2.20. The number of aliphatic imine (C=N–C) groups is 1. The molecule has 0 saturated carbocycles. The first-order valence-electron chi connectivity index (χ1n) is 12.7. The standard InChI is InChI=1S/C30H22F3N7O2/c1-18-16-19(31)10-11-21(18)26-22-12-13-25(41)40(27-23(32)8-5-9-24(27)33)28(22)39-29(38-26)35-14-15-36-30(37-17-34)42-20-6-3-2-4-7-20/h2-13,16H,14-15H2,1H3,(H,36,37)(H,35,38,39). The van der Waals surface area contributed by atoms with Crippen molar-refractivity contribution in [3.63, 3.8) is 0 Å². The van der Waals surface area contributed by atoms with E-state index in [4.69, 9.17) is 10.00 Å². The summed E-state index contributed by atoms with van der Waals surface area (Å²) in [7, 11) is 0. The van der Waals surface area contributed by atoms with Gasteiger partial charge in [0, 0.05) is 23.6 Å². The van der Waals surface area contributed by atoms with Crippen molar-refractivity contribution in [2.45, 2.75) is 6.92 Å². The predicted molar refractivity (Wildman–Crippen MR) is 152 cm³/mol. The summed E-state index contributed by atoms with van der Waals surface area (Å²) in [6, 6.07) is 18.7. The number of benzene rings is 3. The summed E-state index contributed by atoms with van der Waals surface area (Å²) in [6.45, 7) is 1.94. The average molecular weight is 570 g/mol. The van der Waals surface area contributed by atoms with Crippen LogP contribution in [0.3, 0.4) is 0 Å². The summed E-state index contributed by atoms with van der Waals surface area (Å²) in [5, 5.41) is 14.7. The second-order valence-electron chi connectivity index (χ2n) is 8.94. The number of hydrogen-bond acceptors (Lipinski definition) is 7. The molecule has 42 heavy (non-hydrogen) atoms. The van der Waals surface area contributed by atoms with Gasteiger partial charge < -0.3 is 10.1 Å². The van der Waals surface area contributed by atoms with Gasteiger partial charge >= 0.3 is 6.02 Å². The zero-order chi connectivity index (χ0) is 29.6. The van der Waals surface area contributed by atoms with E-state index in [2.05, 4.69) is 25.6 Å². The monoisotopic (exact) mass is 569 g/mol. The van der Waals surface area contributed by atoms with Crippen molar-refractivity contribution in [1.82, 2.24) is 19.9 Å². The van der Waals surface area contributed by atoms with E-state index in [0.29, 0.717) is 28.0 Å². The molecule has 0 saturated heterocycles. The lowest BCUT2D eigenvalue weighted by molar-refractivity contribution is 0.527. The van der Waals surface area contributed by atoms with Crippen molar-refractivity contribution in [3.8, 4) is 28.9 Å². The Morgan fingerprint density at radius 2 is 1.76 bits per heavy atom. The van der Waals surface area contributed by atoms with Gasteiger partial charge in [0.05, 0.1) is 12.2 Å². The number of amidine groups is 1. The van der Waals surface area contributed by atoms with Crippen LogP contribution in [0.5, 0.6) is 5.75 Å². The Labute approximate surface area is 237 Å². The third kappa shape index (κ3) is 5.90. The number of aryl methyl sites for hydroxylation is 1. The Morgan fingerprint density at radius 3 is 2.48 bits per heavy atom. The van der Waals surface area contributed by atoms with Gasteiger partial charge in [0.1, 0.15) is 28.9 Å². The fraction of sp³-hybridized carbons (Fsp3) is 0.100. The third-order valence-electron chi connectivity index (χ3n) is 6.13. The molecular weight excluding hydrogens is 547 g/mol. The molecule has 0 aliphatic rings. The second kappa shape index (κ2) is 12.2. The van der Waals surface area contributed by atoms with Gasteiger partial charge in [0.2, 0.25) is 5.95 Å². The summed E-state index contributed by atoms with van der Waals surface area (Å²) < 4.78 is 50.1. The third-order valence-corrected chi connectivity index (χ3v) is 6.13. The molecular formula is C30H22F3N7O2. The van der Waals surface area contributed by atoms with Crippen LogP contribution < -0.4 is 20.9 Å². The number of ether oxygens (including phenoxy) is 1. The van der Waals surface area contributed by atoms with E-state index in [1.165, 1.54) is 30.3 Å². The molecule has 210 valence electrons. The van der Waals surface area contributed by atoms with Crippen molar-refractivity contribution in [3.05, 3.63) is 112 Å². The van der Waals surface area contributed by atoms with Crippen LogP contribution in [-0.4, -0.2) is 33.6 Å². The molecule has 0 aliphatic heterocycles. The molecule has 2 heterocycles. The summed E-state index contributed by atoms with van der Waals surface area (Å²) in [5.41, 5.74) is 0.0208. The topological polar surface area (TPSA) is 117 Å². The highest BCUT2D eigenvalue weighted by Crippen LogP contribution is 2.31. The number of halogens is 3. The Balaban J connectivity index is 1.56. The summed E-state index contributed by atoms with van der Waals surface area (Å²) >= 11 is 0. The van der Waals surface area contributed by atoms with Gasteiger partial charge in [-0.1, -0.05) is 24.3 Å². The molecule has 0 amide bonds. The van der Waals surface area contributed by atoms with Crippen LogP contribution in [0.2, 0.25) is 0 Å². The number of nitriles is 1. The normalized spacial score (nSPS) is 11.3. The Hall–Kier alpha value is -5.70. The highest BCUT2D eigenvalue weighted by atomic mass is 19.1. The molecule has 0 radical (unpaired) electrons. The van der Waals surface area contributed by atoms with Crippen LogP contribution in [0, 0.1) is 35.8 Å². The van der Waals surface area contributed by atoms with Gasteiger partial charge in [0.15, 0.2) is 11.8 Å². The largest absolute Gasteiger partial charge is 0.425 e. The van der Waals surface area contributed by atoms with Crippen molar-refractivity contribution in [2.24, 2.45) is 4.99 Å². The SMILES string of the molecule is Cc1cc(F)ccc1-c1nc(NCC/N=C(/NC#N)Oc2ccccc2)nc2c1ccc(=O)n2-c1c(F)cccc1F. The van der Waals surface area contributed by atoms with Gasteiger partial charge in [-0.25, -0.2) is 28.5 Å². The maximum Gasteiger partial charge on any atom is 0.303 e. The molecule has 3 aromatic carbocycles. The smallest absolute Gasteiger partial charge is 0.303 e. The summed E-state index contributed by atoms with van der Waals surface area (Å²) in [4.78, 5) is 26.3. The fourth-order valence-electron chi connectivity index (χ4n) is 4.28. The lowest BCUT2D eigenvalue weighted by Crippen LogP contribution is -2.25. The minimum absolute atomic E-state index is 0.0197. The van der Waals surface area contributed by atoms with Gasteiger partial charge in [-0.3, -0.25) is 9.36 Å². The number of para-hydroxylation sites is 2. The van der Waals surface area contributed by atoms with Crippen molar-refractivity contribution in [1.29, 1.82) is 5.26 Å². The lowest BCUT2D eigenvalue weighted by Gasteiger charge is -2.16. The minimum Gasteiger partial charge on any atom is -0.425 e. The lowest BCUT2D eigenvalue weighted by atomic mass is 10.0. The zero-order valence-electron chi connectivity index (χ0n) is 22.1. The minimum atomic E-state index is -0.956. The van der Waals surface area contributed by atoms with Gasteiger partial charge in [-0.05, 0) is 61.0 Å². The molecule has 0 aliphatic carbocycles. The van der Waals surface area contributed by atoms with Gasteiger partial charge in [-0.2, -0.15) is 10.2 Å². The zero-order valence-corrected chi connectivity index (χ0v) is 22.1. The quantitative estimate of drug-likeness (QED) is 0.0922. The second-order valence-corrected chi connectivity index (χ2v) is 8.94. The van der Waals surface area contributed by atoms with E-state index in [0.717, 1.165) is 22.8 Å². The first-order chi connectivity index (χ1) is 20.4. The summed E-state index contributed by atoms with van der Waals surface area (Å²) in [6.07, 6.45) is 1.77. The van der Waals surface area contributed by atoms with Crippen LogP contribution in [0.1, 0.15) is 5.56 Å². The molecule has 0 atom stereocenters. The summed E-state index contributed by atoms with van der Waals surface area (Å²) in [5.74, 6) is -1.87. The molecule has 9 nitrogen and oxygen atoms in total. The number of pyridine rings is 1. The molecule has 0 spiro atoms. The number of nitrogens with one attached hydrogen (secondary N) is 2. The molecule has 0 fully saturated rings. The van der Waals surface area contributed by atoms with Crippen LogP contribution in [0.4, 0.5) is 19.1 Å². The van der Waals surface area contributed by atoms with Gasteiger partial charge in [-0.15, -0.1) is 0 Å². The molecule has 12 heteroatoms. The number of aromatic nitrogens is 3. The van der Waals surface area contributed by atoms with Crippen molar-refractivity contribution >= 4 is 23.0 Å². The van der Waals surface area contributed by atoms with E-state index < -0.39 is 28.7 Å². The fourth-order valence-corrected chi connectivity index (χ4v) is 4.28. The highest BCUT2D eigenvalue weighted by molar-refractivity contribution is 5.93. The molecule has 2 aromatic heterocycles. The maximum absolute atomic E-state index is 14.9. The van der Waals surface area contributed by atoms with Crippen LogP contribution in [-0.2, 0) is 0 Å². The van der Waals surface area contributed by atoms with Gasteiger partial charge in [0.25, 0.3) is 5.56 Å². The van der Waals surface area contributed by atoms with Crippen LogP contribution in [0.15, 0.2) is 88.6 Å². The molecule has 0 bridgehead atoms. The predicted octanol–water partition coefficient (Wildman–Crippen LogP) is 5.09. The number of nitrogens with zero attached hydrogens (tertiary/aromatic N) is 5. The Morgan fingerprint density at radius 1 is 1.00 bits per heavy atom. The molecule has 5 rings (SSSR count). The van der Waals surface area contributed by atoms with Crippen molar-refractivity contribution < 1.29 is 17.9 Å². The number of hydrogen-bond donors (Lipinski definition) is 2. The van der Waals surface area contributed by atoms with Crippen molar-refractivity contribution in [2.75, 3.05) is 18.4 Å². The number of anilines is 1. The number of rotatable bonds is 7. The molecule has 0 unspecified atom stereocenters. The van der Waals surface area contributed by atoms with E-state index in [-0.39, 0.29) is 30.7 Å². The first-order valence-corrected chi connectivity index (χ1v) is 12.7. The Kier molecular flexibility index (Phi) is 8.10.